The number of benzene rings is 2. The number of nitrogens with zero attached hydrogens (tertiary/aromatic N) is 1. The molecule has 1 saturated heterocycles. The Balaban J connectivity index is 1.86. The standard InChI is InChI=1S/C26H29N3O4/c1-26(2,3)21-10-5-16(11-18(21)14-27)12-22(30)24(17-6-8-20(33-4)9-7-17)29-25(32)19-13-23(31)28-15-19/h5-11,19,24H,12-13,15H2,1-4H3,(H,28,31)(H,29,32). The summed E-state index contributed by atoms with van der Waals surface area (Å²) in [6.45, 7) is 6.36. The third-order valence-corrected chi connectivity index (χ3v) is 5.80. The van der Waals surface area contributed by atoms with Gasteiger partial charge < -0.3 is 15.4 Å². The number of hydrogen-bond donors (Lipinski definition) is 2. The van der Waals surface area contributed by atoms with Crippen molar-refractivity contribution < 1.29 is 19.1 Å². The van der Waals surface area contributed by atoms with Crippen LogP contribution in [0.1, 0.15) is 55.5 Å². The molecular formula is C26H29N3O4. The summed E-state index contributed by atoms with van der Waals surface area (Å²) < 4.78 is 5.19. The van der Waals surface area contributed by atoms with Crippen LogP contribution in [0.15, 0.2) is 42.5 Å². The van der Waals surface area contributed by atoms with E-state index in [2.05, 4.69) is 16.7 Å². The molecule has 2 amide bonds. The SMILES string of the molecule is COc1ccc(C(NC(=O)C2CNC(=O)C2)C(=O)Cc2ccc(C(C)(C)C)c(C#N)c2)cc1. The molecule has 2 aromatic rings. The van der Waals surface area contributed by atoms with E-state index < -0.39 is 12.0 Å². The molecule has 0 aliphatic carbocycles. The highest BCUT2D eigenvalue weighted by molar-refractivity contribution is 5.94. The fourth-order valence-corrected chi connectivity index (χ4v) is 3.95. The lowest BCUT2D eigenvalue weighted by atomic mass is 9.83. The molecule has 3 rings (SSSR count). The van der Waals surface area contributed by atoms with Gasteiger partial charge in [-0.25, -0.2) is 0 Å². The predicted octanol–water partition coefficient (Wildman–Crippen LogP) is 2.97. The number of nitrogens with one attached hydrogen (secondary N) is 2. The van der Waals surface area contributed by atoms with Crippen LogP contribution in [0, 0.1) is 17.2 Å². The number of ketones is 1. The summed E-state index contributed by atoms with van der Waals surface area (Å²) in [6.07, 6.45) is 0.160. The van der Waals surface area contributed by atoms with Crippen molar-refractivity contribution in [2.75, 3.05) is 13.7 Å². The molecule has 0 saturated carbocycles. The Morgan fingerprint density at radius 2 is 1.91 bits per heavy atom. The van der Waals surface area contributed by atoms with Crippen LogP contribution in [0.25, 0.3) is 0 Å². The zero-order valence-electron chi connectivity index (χ0n) is 19.4. The second-order valence-electron chi connectivity index (χ2n) is 9.30. The largest absolute Gasteiger partial charge is 0.497 e. The van der Waals surface area contributed by atoms with Crippen molar-refractivity contribution in [3.8, 4) is 11.8 Å². The minimum absolute atomic E-state index is 0.0535. The summed E-state index contributed by atoms with van der Waals surface area (Å²) in [5.74, 6) is -0.604. The molecule has 0 bridgehead atoms. The first-order chi connectivity index (χ1) is 15.6. The van der Waals surface area contributed by atoms with E-state index in [1.54, 1.807) is 37.4 Å². The number of hydrogen-bond acceptors (Lipinski definition) is 5. The molecule has 1 heterocycles. The van der Waals surface area contributed by atoms with Crippen LogP contribution >= 0.6 is 0 Å². The molecule has 7 heteroatoms. The van der Waals surface area contributed by atoms with Crippen LogP contribution in [0.5, 0.6) is 5.75 Å². The highest BCUT2D eigenvalue weighted by Gasteiger charge is 2.31. The minimum atomic E-state index is -0.882. The lowest BCUT2D eigenvalue weighted by Gasteiger charge is -2.22. The molecule has 2 aromatic carbocycles. The Hall–Kier alpha value is -3.66. The second kappa shape index (κ2) is 9.86. The molecule has 1 fully saturated rings. The molecule has 33 heavy (non-hydrogen) atoms. The number of amides is 2. The smallest absolute Gasteiger partial charge is 0.226 e. The van der Waals surface area contributed by atoms with Gasteiger partial charge in [-0.3, -0.25) is 14.4 Å². The van der Waals surface area contributed by atoms with Crippen LogP contribution in [0.2, 0.25) is 0 Å². The molecule has 172 valence electrons. The Labute approximate surface area is 194 Å². The molecule has 0 aromatic heterocycles. The number of rotatable bonds is 7. The van der Waals surface area contributed by atoms with Gasteiger partial charge >= 0.3 is 0 Å². The molecule has 0 radical (unpaired) electrons. The Morgan fingerprint density at radius 1 is 1.21 bits per heavy atom. The fourth-order valence-electron chi connectivity index (χ4n) is 3.95. The molecular weight excluding hydrogens is 418 g/mol. The molecule has 7 nitrogen and oxygen atoms in total. The number of ether oxygens (including phenoxy) is 1. The first kappa shape index (κ1) is 24.0. The van der Waals surface area contributed by atoms with Crippen LogP contribution < -0.4 is 15.4 Å². The van der Waals surface area contributed by atoms with E-state index >= 15 is 0 Å². The predicted molar refractivity (Wildman–Crippen MR) is 124 cm³/mol. The van der Waals surface area contributed by atoms with E-state index in [1.807, 2.05) is 32.9 Å². The zero-order valence-corrected chi connectivity index (χ0v) is 19.4. The Morgan fingerprint density at radius 3 is 2.45 bits per heavy atom. The quantitative estimate of drug-likeness (QED) is 0.678. The molecule has 0 spiro atoms. The maximum atomic E-state index is 13.4. The highest BCUT2D eigenvalue weighted by Crippen LogP contribution is 2.27. The maximum absolute atomic E-state index is 13.4. The van der Waals surface area contributed by atoms with Gasteiger partial charge in [-0.2, -0.15) is 5.26 Å². The van der Waals surface area contributed by atoms with Gasteiger partial charge in [-0.05, 0) is 40.3 Å². The van der Waals surface area contributed by atoms with Gasteiger partial charge in [0.15, 0.2) is 5.78 Å². The summed E-state index contributed by atoms with van der Waals surface area (Å²) in [5.41, 5.74) is 2.58. The third-order valence-electron chi connectivity index (χ3n) is 5.80. The van der Waals surface area contributed by atoms with Gasteiger partial charge in [-0.15, -0.1) is 0 Å². The van der Waals surface area contributed by atoms with Gasteiger partial charge in [-0.1, -0.05) is 45.0 Å². The number of Topliss-reactive ketones (excluding diaryl/α,β-unsaturated/α-hetero) is 1. The average Bonchev–Trinajstić information content (AvgIpc) is 3.23. The van der Waals surface area contributed by atoms with Gasteiger partial charge in [0.1, 0.15) is 11.8 Å². The lowest BCUT2D eigenvalue weighted by molar-refractivity contribution is -0.130. The van der Waals surface area contributed by atoms with E-state index in [1.165, 1.54) is 0 Å². The number of carbonyl (C=O) groups is 3. The Kier molecular flexibility index (Phi) is 7.17. The third kappa shape index (κ3) is 5.78. The average molecular weight is 448 g/mol. The van der Waals surface area contributed by atoms with E-state index in [9.17, 15) is 19.6 Å². The van der Waals surface area contributed by atoms with Crippen LogP contribution in [0.4, 0.5) is 0 Å². The molecule has 2 atom stereocenters. The summed E-state index contributed by atoms with van der Waals surface area (Å²) in [6, 6.07) is 13.8. The van der Waals surface area contributed by atoms with Crippen molar-refractivity contribution in [2.24, 2.45) is 5.92 Å². The lowest BCUT2D eigenvalue weighted by Crippen LogP contribution is -2.39. The van der Waals surface area contributed by atoms with Crippen molar-refractivity contribution in [1.82, 2.24) is 10.6 Å². The second-order valence-corrected chi connectivity index (χ2v) is 9.30. The monoisotopic (exact) mass is 447 g/mol. The summed E-state index contributed by atoms with van der Waals surface area (Å²) >= 11 is 0. The molecule has 1 aliphatic heterocycles. The van der Waals surface area contributed by atoms with E-state index in [4.69, 9.17) is 4.74 Å². The summed E-state index contributed by atoms with van der Waals surface area (Å²) in [5, 5.41) is 15.1. The minimum Gasteiger partial charge on any atom is -0.497 e. The van der Waals surface area contributed by atoms with Gasteiger partial charge in [0.25, 0.3) is 0 Å². The topological polar surface area (TPSA) is 108 Å². The zero-order chi connectivity index (χ0) is 24.2. The highest BCUT2D eigenvalue weighted by atomic mass is 16.5. The first-order valence-electron chi connectivity index (χ1n) is 10.9. The van der Waals surface area contributed by atoms with E-state index in [0.717, 1.165) is 5.56 Å². The number of carbonyl (C=O) groups excluding carboxylic acids is 3. The Bertz CT molecular complexity index is 1090. The normalized spacial score (nSPS) is 16.5. The van der Waals surface area contributed by atoms with E-state index in [-0.39, 0.29) is 42.4 Å². The van der Waals surface area contributed by atoms with E-state index in [0.29, 0.717) is 22.4 Å². The number of methoxy groups -OCH3 is 1. The number of nitriles is 1. The van der Waals surface area contributed by atoms with Gasteiger partial charge in [0, 0.05) is 19.4 Å². The van der Waals surface area contributed by atoms with Gasteiger partial charge in [0.2, 0.25) is 11.8 Å². The van der Waals surface area contributed by atoms with Crippen LogP contribution in [0.3, 0.4) is 0 Å². The summed E-state index contributed by atoms with van der Waals surface area (Å²) in [4.78, 5) is 37.7. The fraction of sp³-hybridized carbons (Fsp3) is 0.385. The van der Waals surface area contributed by atoms with Crippen LogP contribution in [-0.2, 0) is 26.2 Å². The summed E-state index contributed by atoms with van der Waals surface area (Å²) in [7, 11) is 1.55. The molecule has 2 N–H and O–H groups in total. The van der Waals surface area contributed by atoms with Crippen molar-refractivity contribution in [3.05, 3.63) is 64.7 Å². The van der Waals surface area contributed by atoms with Crippen molar-refractivity contribution in [1.29, 1.82) is 5.26 Å². The van der Waals surface area contributed by atoms with Crippen molar-refractivity contribution in [3.63, 3.8) is 0 Å². The maximum Gasteiger partial charge on any atom is 0.226 e. The first-order valence-corrected chi connectivity index (χ1v) is 10.9. The molecule has 2 unspecified atom stereocenters. The van der Waals surface area contributed by atoms with Gasteiger partial charge in [0.05, 0.1) is 24.7 Å². The van der Waals surface area contributed by atoms with Crippen molar-refractivity contribution in [2.45, 2.75) is 45.1 Å². The van der Waals surface area contributed by atoms with Crippen molar-refractivity contribution >= 4 is 17.6 Å². The van der Waals surface area contributed by atoms with Crippen LogP contribution in [-0.4, -0.2) is 31.3 Å². The molecule has 1 aliphatic rings.